The Morgan fingerprint density at radius 2 is 1.83 bits per heavy atom. The first-order valence-corrected chi connectivity index (χ1v) is 7.14. The summed E-state index contributed by atoms with van der Waals surface area (Å²) in [4.78, 5) is 12.2. The number of hydrogen-bond donors (Lipinski definition) is 1. The van der Waals surface area contributed by atoms with E-state index in [9.17, 15) is 9.90 Å². The molecule has 1 aliphatic rings. The standard InChI is InChI=1S/C18H20O5/c1-21-14-6-4-12(5-7-14)16(20)9-8-15-17(22-2)10-13(19)11-18(15)23-3/h4-11,15,17,19H,1-3H3. The average Bonchev–Trinajstić information content (AvgIpc) is 2.59. The summed E-state index contributed by atoms with van der Waals surface area (Å²) in [7, 11) is 4.63. The molecule has 23 heavy (non-hydrogen) atoms. The maximum Gasteiger partial charge on any atom is 0.185 e. The van der Waals surface area contributed by atoms with Gasteiger partial charge >= 0.3 is 0 Å². The Morgan fingerprint density at radius 3 is 2.39 bits per heavy atom. The van der Waals surface area contributed by atoms with Gasteiger partial charge in [0.25, 0.3) is 0 Å². The molecular formula is C18H20O5. The predicted molar refractivity (Wildman–Crippen MR) is 86.6 cm³/mol. The van der Waals surface area contributed by atoms with Gasteiger partial charge in [-0.05, 0) is 36.4 Å². The van der Waals surface area contributed by atoms with Crippen molar-refractivity contribution < 1.29 is 24.1 Å². The molecule has 0 amide bonds. The smallest absolute Gasteiger partial charge is 0.185 e. The highest BCUT2D eigenvalue weighted by Crippen LogP contribution is 2.27. The van der Waals surface area contributed by atoms with Crippen LogP contribution in [0.4, 0.5) is 0 Å². The zero-order chi connectivity index (χ0) is 16.8. The molecule has 0 saturated heterocycles. The van der Waals surface area contributed by atoms with Crippen LogP contribution in [0.15, 0.2) is 60.1 Å². The van der Waals surface area contributed by atoms with Gasteiger partial charge in [0.1, 0.15) is 17.3 Å². The zero-order valence-corrected chi connectivity index (χ0v) is 13.4. The molecule has 0 heterocycles. The van der Waals surface area contributed by atoms with Crippen LogP contribution in [0.1, 0.15) is 10.4 Å². The van der Waals surface area contributed by atoms with Crippen LogP contribution in [0.3, 0.4) is 0 Å². The molecule has 1 aliphatic carbocycles. The van der Waals surface area contributed by atoms with Gasteiger partial charge in [-0.25, -0.2) is 0 Å². The maximum absolute atomic E-state index is 12.2. The molecular weight excluding hydrogens is 296 g/mol. The van der Waals surface area contributed by atoms with E-state index in [1.165, 1.54) is 19.3 Å². The van der Waals surface area contributed by atoms with Gasteiger partial charge in [0.05, 0.1) is 26.2 Å². The Balaban J connectivity index is 2.16. The number of carbonyl (C=O) groups excluding carboxylic acids is 1. The van der Waals surface area contributed by atoms with Gasteiger partial charge < -0.3 is 19.3 Å². The fourth-order valence-electron chi connectivity index (χ4n) is 2.38. The van der Waals surface area contributed by atoms with E-state index >= 15 is 0 Å². The lowest BCUT2D eigenvalue weighted by Gasteiger charge is -2.25. The van der Waals surface area contributed by atoms with Gasteiger partial charge in [0, 0.05) is 18.7 Å². The molecule has 2 rings (SSSR count). The number of hydrogen-bond acceptors (Lipinski definition) is 5. The van der Waals surface area contributed by atoms with Gasteiger partial charge in [-0.2, -0.15) is 0 Å². The molecule has 2 atom stereocenters. The second-order valence-corrected chi connectivity index (χ2v) is 5.02. The van der Waals surface area contributed by atoms with Gasteiger partial charge in [0.15, 0.2) is 5.78 Å². The molecule has 1 aromatic carbocycles. The number of aliphatic hydroxyl groups is 1. The van der Waals surface area contributed by atoms with Crippen LogP contribution in [0.25, 0.3) is 0 Å². The van der Waals surface area contributed by atoms with Gasteiger partial charge in [0.2, 0.25) is 0 Å². The summed E-state index contributed by atoms with van der Waals surface area (Å²) in [5, 5.41) is 9.66. The second-order valence-electron chi connectivity index (χ2n) is 5.02. The van der Waals surface area contributed by atoms with Gasteiger partial charge in [-0.1, -0.05) is 6.08 Å². The van der Waals surface area contributed by atoms with E-state index < -0.39 is 6.10 Å². The first kappa shape index (κ1) is 16.8. The molecule has 2 unspecified atom stereocenters. The van der Waals surface area contributed by atoms with Gasteiger partial charge in [-0.3, -0.25) is 4.79 Å². The highest BCUT2D eigenvalue weighted by molar-refractivity contribution is 6.04. The minimum Gasteiger partial charge on any atom is -0.508 e. The van der Waals surface area contributed by atoms with E-state index in [1.807, 2.05) is 0 Å². The van der Waals surface area contributed by atoms with Crippen LogP contribution in [-0.4, -0.2) is 38.3 Å². The number of aliphatic hydroxyl groups excluding tert-OH is 1. The normalized spacial score (nSPS) is 20.8. The molecule has 0 aromatic heterocycles. The first-order chi connectivity index (χ1) is 11.1. The molecule has 0 saturated carbocycles. The topological polar surface area (TPSA) is 65.0 Å². The summed E-state index contributed by atoms with van der Waals surface area (Å²) in [6.07, 6.45) is 5.91. The lowest BCUT2D eigenvalue weighted by atomic mass is 9.93. The summed E-state index contributed by atoms with van der Waals surface area (Å²) in [6, 6.07) is 6.89. The molecule has 5 nitrogen and oxygen atoms in total. The Morgan fingerprint density at radius 1 is 1.13 bits per heavy atom. The third-order valence-electron chi connectivity index (χ3n) is 3.64. The van der Waals surface area contributed by atoms with Crippen LogP contribution in [0.5, 0.6) is 5.75 Å². The summed E-state index contributed by atoms with van der Waals surface area (Å²) in [5.41, 5.74) is 0.563. The Kier molecular flexibility index (Phi) is 5.60. The number of carbonyl (C=O) groups is 1. The van der Waals surface area contributed by atoms with Crippen LogP contribution in [-0.2, 0) is 9.47 Å². The quantitative estimate of drug-likeness (QED) is 0.645. The largest absolute Gasteiger partial charge is 0.508 e. The highest BCUT2D eigenvalue weighted by Gasteiger charge is 2.26. The fourth-order valence-corrected chi connectivity index (χ4v) is 2.38. The number of benzene rings is 1. The van der Waals surface area contributed by atoms with Crippen LogP contribution in [0, 0.1) is 5.92 Å². The predicted octanol–water partition coefficient (Wildman–Crippen LogP) is 3.05. The van der Waals surface area contributed by atoms with Crippen molar-refractivity contribution >= 4 is 5.78 Å². The minimum atomic E-state index is -0.394. The van der Waals surface area contributed by atoms with Crippen molar-refractivity contribution in [1.29, 1.82) is 0 Å². The Hall–Kier alpha value is -2.53. The minimum absolute atomic E-state index is 0.0832. The highest BCUT2D eigenvalue weighted by atomic mass is 16.5. The lowest BCUT2D eigenvalue weighted by molar-refractivity contribution is 0.0876. The van der Waals surface area contributed by atoms with Crippen LogP contribution >= 0.6 is 0 Å². The monoisotopic (exact) mass is 316 g/mol. The molecule has 1 N–H and O–H groups in total. The van der Waals surface area contributed by atoms with Crippen LogP contribution in [0.2, 0.25) is 0 Å². The number of methoxy groups -OCH3 is 3. The second kappa shape index (κ2) is 7.65. The van der Waals surface area contributed by atoms with Gasteiger partial charge in [-0.15, -0.1) is 0 Å². The van der Waals surface area contributed by atoms with Crippen molar-refractivity contribution in [1.82, 2.24) is 0 Å². The van der Waals surface area contributed by atoms with E-state index in [0.717, 1.165) is 0 Å². The molecule has 0 spiro atoms. The summed E-state index contributed by atoms with van der Waals surface area (Å²) >= 11 is 0. The van der Waals surface area contributed by atoms with Crippen molar-refractivity contribution in [3.05, 3.63) is 65.7 Å². The summed E-state index contributed by atoms with van der Waals surface area (Å²) in [5.74, 6) is 0.915. The fraction of sp³-hybridized carbons (Fsp3) is 0.278. The molecule has 5 heteroatoms. The van der Waals surface area contributed by atoms with Crippen molar-refractivity contribution in [3.63, 3.8) is 0 Å². The summed E-state index contributed by atoms with van der Waals surface area (Å²) in [6.45, 7) is 0. The van der Waals surface area contributed by atoms with E-state index in [2.05, 4.69) is 0 Å². The first-order valence-electron chi connectivity index (χ1n) is 7.14. The van der Waals surface area contributed by atoms with Crippen molar-refractivity contribution in [3.8, 4) is 5.75 Å². The van der Waals surface area contributed by atoms with Crippen molar-refractivity contribution in [2.45, 2.75) is 6.10 Å². The molecule has 122 valence electrons. The maximum atomic E-state index is 12.2. The summed E-state index contributed by atoms with van der Waals surface area (Å²) < 4.78 is 15.7. The van der Waals surface area contributed by atoms with E-state index in [0.29, 0.717) is 17.1 Å². The van der Waals surface area contributed by atoms with E-state index in [4.69, 9.17) is 14.2 Å². The molecule has 0 bridgehead atoms. The number of ketones is 1. The molecule has 1 aromatic rings. The zero-order valence-electron chi connectivity index (χ0n) is 13.4. The van der Waals surface area contributed by atoms with E-state index in [-0.39, 0.29) is 17.5 Å². The molecule has 0 fully saturated rings. The SMILES string of the molecule is COC1=CC(O)=CC(OC)C1C=CC(=O)c1ccc(OC)cc1. The number of allylic oxidation sites excluding steroid dienone is 2. The molecule has 0 radical (unpaired) electrons. The van der Waals surface area contributed by atoms with Crippen LogP contribution < -0.4 is 4.74 Å². The van der Waals surface area contributed by atoms with Crippen molar-refractivity contribution in [2.24, 2.45) is 5.92 Å². The number of rotatable bonds is 6. The Labute approximate surface area is 135 Å². The molecule has 0 aliphatic heterocycles. The van der Waals surface area contributed by atoms with E-state index in [1.54, 1.807) is 50.6 Å². The third-order valence-corrected chi connectivity index (χ3v) is 3.64. The lowest BCUT2D eigenvalue weighted by Crippen LogP contribution is -2.25. The number of ether oxygens (including phenoxy) is 3. The van der Waals surface area contributed by atoms with Crippen molar-refractivity contribution in [2.75, 3.05) is 21.3 Å². The average molecular weight is 316 g/mol. The Bertz CT molecular complexity index is 640. The third kappa shape index (κ3) is 4.02.